The molecule has 2 amide bonds. The fraction of sp³-hybridized carbons (Fsp3) is 0.458. The van der Waals surface area contributed by atoms with Gasteiger partial charge in [0.05, 0.1) is 11.5 Å². The highest BCUT2D eigenvalue weighted by Crippen LogP contribution is 2.36. The van der Waals surface area contributed by atoms with Gasteiger partial charge in [-0.05, 0) is 49.9 Å². The van der Waals surface area contributed by atoms with E-state index in [-0.39, 0.29) is 36.1 Å². The van der Waals surface area contributed by atoms with Crippen molar-refractivity contribution in [2.75, 3.05) is 31.1 Å². The zero-order valence-corrected chi connectivity index (χ0v) is 18.2. The van der Waals surface area contributed by atoms with Crippen molar-refractivity contribution in [2.24, 2.45) is 5.92 Å². The molecule has 0 spiro atoms. The maximum absolute atomic E-state index is 13.4. The van der Waals surface area contributed by atoms with Crippen LogP contribution in [0.1, 0.15) is 41.6 Å². The van der Waals surface area contributed by atoms with Gasteiger partial charge < -0.3 is 15.1 Å². The maximum atomic E-state index is 13.4. The summed E-state index contributed by atoms with van der Waals surface area (Å²) < 4.78 is 40.2. The molecule has 1 atom stereocenters. The normalized spacial score (nSPS) is 19.9. The van der Waals surface area contributed by atoms with Crippen LogP contribution in [0.2, 0.25) is 0 Å². The second-order valence-electron chi connectivity index (χ2n) is 8.60. The largest absolute Gasteiger partial charge is 0.419 e. The van der Waals surface area contributed by atoms with Crippen molar-refractivity contribution in [3.8, 4) is 0 Å². The summed E-state index contributed by atoms with van der Waals surface area (Å²) >= 11 is 0. The molecule has 2 saturated heterocycles. The third-order valence-electron chi connectivity index (χ3n) is 6.34. The van der Waals surface area contributed by atoms with Gasteiger partial charge in [-0.2, -0.15) is 13.2 Å². The highest BCUT2D eigenvalue weighted by atomic mass is 19.4. The molecule has 1 aromatic heterocycles. The lowest BCUT2D eigenvalue weighted by atomic mass is 9.94. The number of likely N-dealkylation sites (tertiary alicyclic amines) is 1. The topological polar surface area (TPSA) is 65.5 Å². The van der Waals surface area contributed by atoms with Gasteiger partial charge in [-0.15, -0.1) is 0 Å². The molecule has 6 nitrogen and oxygen atoms in total. The zero-order chi connectivity index (χ0) is 23.4. The third-order valence-corrected chi connectivity index (χ3v) is 6.34. The Balaban J connectivity index is 1.33. The summed E-state index contributed by atoms with van der Waals surface area (Å²) in [5.41, 5.74) is -0.167. The Bertz CT molecular complexity index is 975. The molecule has 9 heteroatoms. The number of alkyl halides is 3. The van der Waals surface area contributed by atoms with Crippen molar-refractivity contribution in [2.45, 2.75) is 37.9 Å². The summed E-state index contributed by atoms with van der Waals surface area (Å²) in [7, 11) is 0. The third kappa shape index (κ3) is 5.46. The SMILES string of the molecule is O=C(NC1CCN(C(=O)C2CCCN(c3ncccc3C(F)(F)F)C2)CC1)c1ccccc1. The lowest BCUT2D eigenvalue weighted by Gasteiger charge is -2.38. The highest BCUT2D eigenvalue weighted by molar-refractivity contribution is 5.94. The van der Waals surface area contributed by atoms with Crippen molar-refractivity contribution >= 4 is 17.6 Å². The van der Waals surface area contributed by atoms with Gasteiger partial charge in [0.15, 0.2) is 0 Å². The molecule has 1 unspecified atom stereocenters. The molecule has 33 heavy (non-hydrogen) atoms. The quantitative estimate of drug-likeness (QED) is 0.755. The van der Waals surface area contributed by atoms with E-state index in [0.717, 1.165) is 6.07 Å². The smallest absolute Gasteiger partial charge is 0.355 e. The molecule has 2 aromatic rings. The zero-order valence-electron chi connectivity index (χ0n) is 18.2. The molecule has 1 aromatic carbocycles. The van der Waals surface area contributed by atoms with Crippen LogP contribution in [0, 0.1) is 5.92 Å². The lowest BCUT2D eigenvalue weighted by molar-refractivity contribution is -0.137. The Kier molecular flexibility index (Phi) is 6.85. The minimum Gasteiger partial charge on any atom is -0.355 e. The molecule has 0 bridgehead atoms. The predicted molar refractivity (Wildman–Crippen MR) is 118 cm³/mol. The number of nitrogens with zero attached hydrogens (tertiary/aromatic N) is 3. The van der Waals surface area contributed by atoms with Crippen LogP contribution in [0.3, 0.4) is 0 Å². The van der Waals surface area contributed by atoms with Crippen molar-refractivity contribution < 1.29 is 22.8 Å². The number of nitrogens with one attached hydrogen (secondary N) is 1. The van der Waals surface area contributed by atoms with Crippen LogP contribution < -0.4 is 10.2 Å². The second kappa shape index (κ2) is 9.80. The molecular weight excluding hydrogens is 433 g/mol. The monoisotopic (exact) mass is 460 g/mol. The average molecular weight is 461 g/mol. The Morgan fingerprint density at radius 1 is 0.970 bits per heavy atom. The summed E-state index contributed by atoms with van der Waals surface area (Å²) in [6, 6.07) is 11.3. The fourth-order valence-corrected chi connectivity index (χ4v) is 4.60. The summed E-state index contributed by atoms with van der Waals surface area (Å²) in [5, 5.41) is 3.02. The molecule has 1 N–H and O–H groups in total. The molecule has 0 saturated carbocycles. The Labute approximate surface area is 190 Å². The number of amides is 2. The van der Waals surface area contributed by atoms with E-state index in [0.29, 0.717) is 50.9 Å². The van der Waals surface area contributed by atoms with Gasteiger partial charge in [0.25, 0.3) is 5.91 Å². The maximum Gasteiger partial charge on any atom is 0.419 e. The van der Waals surface area contributed by atoms with Gasteiger partial charge in [0.1, 0.15) is 5.82 Å². The number of carbonyl (C=O) groups is 2. The van der Waals surface area contributed by atoms with E-state index in [9.17, 15) is 22.8 Å². The number of halogens is 3. The number of piperidine rings is 2. The first-order valence-corrected chi connectivity index (χ1v) is 11.2. The van der Waals surface area contributed by atoms with Crippen LogP contribution in [0.4, 0.5) is 19.0 Å². The summed E-state index contributed by atoms with van der Waals surface area (Å²) in [5.74, 6) is -0.627. The van der Waals surface area contributed by atoms with Gasteiger partial charge in [0, 0.05) is 44.0 Å². The number of rotatable bonds is 4. The molecule has 3 heterocycles. The number of anilines is 1. The standard InChI is InChI=1S/C24H27F3N4O2/c25-24(26,27)20-9-4-12-28-21(20)31-13-5-8-18(16-31)23(33)30-14-10-19(11-15-30)29-22(32)17-6-2-1-3-7-17/h1-4,6-7,9,12,18-19H,5,8,10-11,13-16H2,(H,29,32). The first kappa shape index (κ1) is 23.1. The van der Waals surface area contributed by atoms with E-state index >= 15 is 0 Å². The van der Waals surface area contributed by atoms with Crippen molar-refractivity contribution in [1.82, 2.24) is 15.2 Å². The van der Waals surface area contributed by atoms with Crippen molar-refractivity contribution in [1.29, 1.82) is 0 Å². The number of carbonyl (C=O) groups excluding carboxylic acids is 2. The van der Waals surface area contributed by atoms with Gasteiger partial charge in [-0.1, -0.05) is 18.2 Å². The molecule has 176 valence electrons. The summed E-state index contributed by atoms with van der Waals surface area (Å²) in [4.78, 5) is 32.8. The predicted octanol–water partition coefficient (Wildman–Crippen LogP) is 3.74. The van der Waals surface area contributed by atoms with Crippen LogP contribution in [-0.4, -0.2) is 53.9 Å². The first-order valence-electron chi connectivity index (χ1n) is 11.2. The second-order valence-corrected chi connectivity index (χ2v) is 8.60. The van der Waals surface area contributed by atoms with Gasteiger partial charge in [-0.25, -0.2) is 4.98 Å². The summed E-state index contributed by atoms with van der Waals surface area (Å²) in [6.45, 7) is 1.71. The van der Waals surface area contributed by atoms with E-state index in [1.54, 1.807) is 21.9 Å². The molecule has 0 aliphatic carbocycles. The van der Waals surface area contributed by atoms with Gasteiger partial charge >= 0.3 is 6.18 Å². The van der Waals surface area contributed by atoms with E-state index < -0.39 is 11.7 Å². The minimum atomic E-state index is -4.49. The van der Waals surface area contributed by atoms with Crippen molar-refractivity contribution in [3.63, 3.8) is 0 Å². The van der Waals surface area contributed by atoms with E-state index in [1.807, 2.05) is 18.2 Å². The average Bonchev–Trinajstić information content (AvgIpc) is 2.84. The number of hydrogen-bond donors (Lipinski definition) is 1. The Morgan fingerprint density at radius 3 is 2.39 bits per heavy atom. The van der Waals surface area contributed by atoms with Crippen LogP contribution >= 0.6 is 0 Å². The number of hydrogen-bond acceptors (Lipinski definition) is 4. The van der Waals surface area contributed by atoms with Crippen molar-refractivity contribution in [3.05, 3.63) is 59.8 Å². The molecule has 2 aliphatic rings. The van der Waals surface area contributed by atoms with Crippen LogP contribution in [0.5, 0.6) is 0 Å². The highest BCUT2D eigenvalue weighted by Gasteiger charge is 2.38. The van der Waals surface area contributed by atoms with Gasteiger partial charge in [-0.3, -0.25) is 9.59 Å². The number of benzene rings is 1. The van der Waals surface area contributed by atoms with Gasteiger partial charge in [0.2, 0.25) is 5.91 Å². The van der Waals surface area contributed by atoms with Crippen LogP contribution in [0.15, 0.2) is 48.7 Å². The lowest BCUT2D eigenvalue weighted by Crippen LogP contribution is -2.50. The minimum absolute atomic E-state index is 0.00697. The Hall–Kier alpha value is -3.10. The molecule has 2 fully saturated rings. The molecular formula is C24H27F3N4O2. The fourth-order valence-electron chi connectivity index (χ4n) is 4.60. The molecule has 2 aliphatic heterocycles. The van der Waals surface area contributed by atoms with Crippen LogP contribution in [0.25, 0.3) is 0 Å². The number of pyridine rings is 1. The summed E-state index contributed by atoms with van der Waals surface area (Å²) in [6.07, 6.45) is -0.558. The van der Waals surface area contributed by atoms with E-state index in [4.69, 9.17) is 0 Å². The Morgan fingerprint density at radius 2 is 1.70 bits per heavy atom. The van der Waals surface area contributed by atoms with Crippen LogP contribution in [-0.2, 0) is 11.0 Å². The van der Waals surface area contributed by atoms with E-state index in [2.05, 4.69) is 10.3 Å². The molecule has 0 radical (unpaired) electrons. The first-order chi connectivity index (χ1) is 15.8. The molecule has 4 rings (SSSR count). The van der Waals surface area contributed by atoms with E-state index in [1.165, 1.54) is 12.3 Å². The number of aromatic nitrogens is 1.